The zero-order valence-corrected chi connectivity index (χ0v) is 17.5. The Morgan fingerprint density at radius 2 is 2.07 bits per heavy atom. The summed E-state index contributed by atoms with van der Waals surface area (Å²) >= 11 is 1.75. The van der Waals surface area contributed by atoms with Crippen molar-refractivity contribution in [3.05, 3.63) is 39.3 Å². The van der Waals surface area contributed by atoms with E-state index >= 15 is 0 Å². The molecule has 0 bridgehead atoms. The molecule has 154 valence electrons. The lowest BCUT2D eigenvalue weighted by Gasteiger charge is -2.23. The topological polar surface area (TPSA) is 67.4 Å². The van der Waals surface area contributed by atoms with Gasteiger partial charge in [-0.3, -0.25) is 4.79 Å². The zero-order chi connectivity index (χ0) is 19.6. The van der Waals surface area contributed by atoms with Crippen LogP contribution in [-0.4, -0.2) is 48.2 Å². The average Bonchev–Trinajstić information content (AvgIpc) is 3.42. The Bertz CT molecular complexity index is 877. The number of thiophene rings is 1. The molecule has 6 nitrogen and oxygen atoms in total. The maximum Gasteiger partial charge on any atom is 0.252 e. The number of aryl methyl sites for hydroxylation is 1. The molecule has 3 aliphatic rings. The fourth-order valence-electron chi connectivity index (χ4n) is 4.74. The van der Waals surface area contributed by atoms with Gasteiger partial charge in [-0.2, -0.15) is 0 Å². The summed E-state index contributed by atoms with van der Waals surface area (Å²) in [5.74, 6) is 1.35. The minimum Gasteiger partial charge on any atom is -0.381 e. The summed E-state index contributed by atoms with van der Waals surface area (Å²) in [6, 6.07) is 2.19. The Morgan fingerprint density at radius 3 is 2.97 bits per heavy atom. The number of rotatable bonds is 4. The van der Waals surface area contributed by atoms with Crippen LogP contribution >= 0.6 is 11.3 Å². The van der Waals surface area contributed by atoms with E-state index in [9.17, 15) is 4.79 Å². The maximum absolute atomic E-state index is 12.9. The van der Waals surface area contributed by atoms with E-state index < -0.39 is 0 Å². The highest BCUT2D eigenvalue weighted by Gasteiger charge is 2.28. The number of aromatic nitrogens is 2. The van der Waals surface area contributed by atoms with E-state index in [1.54, 1.807) is 11.3 Å². The number of fused-ring (bicyclic) bond motifs is 1. The molecule has 1 amide bonds. The van der Waals surface area contributed by atoms with Gasteiger partial charge in [-0.05, 0) is 56.6 Å². The normalized spacial score (nSPS) is 22.5. The van der Waals surface area contributed by atoms with Crippen LogP contribution in [0.3, 0.4) is 0 Å². The fourth-order valence-corrected chi connectivity index (χ4v) is 5.87. The molecule has 1 unspecified atom stereocenters. The fraction of sp³-hybridized carbons (Fsp3) is 0.591. The third kappa shape index (κ3) is 4.03. The molecule has 2 fully saturated rings. The van der Waals surface area contributed by atoms with Crippen LogP contribution < -0.4 is 10.2 Å². The van der Waals surface area contributed by atoms with Crippen molar-refractivity contribution in [2.24, 2.45) is 0 Å². The molecule has 0 saturated carbocycles. The largest absolute Gasteiger partial charge is 0.381 e. The van der Waals surface area contributed by atoms with Crippen molar-refractivity contribution in [1.29, 1.82) is 0 Å². The molecule has 4 heterocycles. The number of hydrogen-bond acceptors (Lipinski definition) is 6. The lowest BCUT2D eigenvalue weighted by atomic mass is 9.95. The van der Waals surface area contributed by atoms with Gasteiger partial charge in [-0.25, -0.2) is 9.97 Å². The predicted molar refractivity (Wildman–Crippen MR) is 114 cm³/mol. The Kier molecular flexibility index (Phi) is 5.50. The molecule has 5 rings (SSSR count). The molecule has 2 aliphatic heterocycles. The minimum atomic E-state index is 0.0909. The number of anilines is 1. The summed E-state index contributed by atoms with van der Waals surface area (Å²) in [5.41, 5.74) is 3.32. The van der Waals surface area contributed by atoms with Crippen LogP contribution in [0.2, 0.25) is 0 Å². The first kappa shape index (κ1) is 19.0. The van der Waals surface area contributed by atoms with Gasteiger partial charge < -0.3 is 15.0 Å². The number of ether oxygens (including phenoxy) is 1. The highest BCUT2D eigenvalue weighted by Crippen LogP contribution is 2.31. The van der Waals surface area contributed by atoms with Crippen molar-refractivity contribution in [2.45, 2.75) is 56.9 Å². The van der Waals surface area contributed by atoms with Crippen molar-refractivity contribution in [1.82, 2.24) is 15.3 Å². The van der Waals surface area contributed by atoms with E-state index in [0.717, 1.165) is 75.6 Å². The highest BCUT2D eigenvalue weighted by atomic mass is 32.1. The second kappa shape index (κ2) is 8.40. The third-order valence-electron chi connectivity index (χ3n) is 6.42. The molecule has 2 aromatic heterocycles. The molecule has 0 spiro atoms. The summed E-state index contributed by atoms with van der Waals surface area (Å²) < 4.78 is 5.47. The van der Waals surface area contributed by atoms with E-state index in [1.807, 2.05) is 12.3 Å². The van der Waals surface area contributed by atoms with Gasteiger partial charge in [0.05, 0.1) is 5.56 Å². The molecule has 29 heavy (non-hydrogen) atoms. The van der Waals surface area contributed by atoms with Crippen LogP contribution in [0.1, 0.15) is 64.5 Å². The molecule has 7 heteroatoms. The zero-order valence-electron chi connectivity index (χ0n) is 16.7. The number of amides is 1. The van der Waals surface area contributed by atoms with Crippen LogP contribution in [0, 0.1) is 0 Å². The molecule has 1 aliphatic carbocycles. The molecule has 0 aromatic carbocycles. The van der Waals surface area contributed by atoms with Crippen LogP contribution in [0.15, 0.2) is 17.6 Å². The molecule has 2 aromatic rings. The predicted octanol–water partition coefficient (Wildman–Crippen LogP) is 3.32. The molecule has 1 atom stereocenters. The van der Waals surface area contributed by atoms with Crippen LogP contribution in [0.4, 0.5) is 5.95 Å². The van der Waals surface area contributed by atoms with Gasteiger partial charge in [0.15, 0.2) is 0 Å². The lowest BCUT2D eigenvalue weighted by Crippen LogP contribution is -2.37. The monoisotopic (exact) mass is 412 g/mol. The Labute approximate surface area is 175 Å². The molecular formula is C22H28N4O2S. The smallest absolute Gasteiger partial charge is 0.252 e. The van der Waals surface area contributed by atoms with Gasteiger partial charge in [-0.15, -0.1) is 11.3 Å². The maximum atomic E-state index is 12.9. The van der Waals surface area contributed by atoms with Crippen LogP contribution in [0.5, 0.6) is 0 Å². The number of carbonyl (C=O) groups excluding carboxylic acids is 1. The molecule has 0 radical (unpaired) electrons. The van der Waals surface area contributed by atoms with Gasteiger partial charge in [0.1, 0.15) is 0 Å². The van der Waals surface area contributed by atoms with E-state index in [1.165, 1.54) is 23.3 Å². The van der Waals surface area contributed by atoms with Crippen molar-refractivity contribution < 1.29 is 9.53 Å². The first-order valence-corrected chi connectivity index (χ1v) is 11.7. The Hall–Kier alpha value is -1.99. The van der Waals surface area contributed by atoms with Gasteiger partial charge in [0.25, 0.3) is 5.91 Å². The average molecular weight is 413 g/mol. The first-order valence-electron chi connectivity index (χ1n) is 10.8. The van der Waals surface area contributed by atoms with E-state index in [4.69, 9.17) is 9.72 Å². The summed E-state index contributed by atoms with van der Waals surface area (Å²) in [5, 5.41) is 5.32. The van der Waals surface area contributed by atoms with Crippen LogP contribution in [0.25, 0.3) is 0 Å². The van der Waals surface area contributed by atoms with E-state index in [-0.39, 0.29) is 11.9 Å². The van der Waals surface area contributed by atoms with E-state index in [0.29, 0.717) is 5.92 Å². The first-order chi connectivity index (χ1) is 14.3. The van der Waals surface area contributed by atoms with Gasteiger partial charge in [0, 0.05) is 60.4 Å². The number of hydrogen-bond donors (Lipinski definition) is 1. The Balaban J connectivity index is 1.22. The summed E-state index contributed by atoms with van der Waals surface area (Å²) in [6.45, 7) is 3.28. The van der Waals surface area contributed by atoms with E-state index in [2.05, 4.69) is 20.6 Å². The van der Waals surface area contributed by atoms with Crippen molar-refractivity contribution in [2.75, 3.05) is 31.2 Å². The third-order valence-corrected chi connectivity index (χ3v) is 7.50. The van der Waals surface area contributed by atoms with Gasteiger partial charge >= 0.3 is 0 Å². The summed E-state index contributed by atoms with van der Waals surface area (Å²) in [6.07, 6.45) is 9.48. The molecule has 1 N–H and O–H groups in total. The van der Waals surface area contributed by atoms with Crippen molar-refractivity contribution in [3.8, 4) is 0 Å². The quantitative estimate of drug-likeness (QED) is 0.834. The minimum absolute atomic E-state index is 0.0909. The number of carbonyl (C=O) groups is 1. The SMILES string of the molecule is O=C(NC1CCN(c2nccc(C3CCOCC3)n2)C1)c1csc2c1CCCC2. The Morgan fingerprint density at radius 1 is 1.21 bits per heavy atom. The lowest BCUT2D eigenvalue weighted by molar-refractivity contribution is 0.0845. The molecule has 2 saturated heterocycles. The number of nitrogens with zero attached hydrogens (tertiary/aromatic N) is 3. The second-order valence-electron chi connectivity index (χ2n) is 8.33. The van der Waals surface area contributed by atoms with Gasteiger partial charge in [-0.1, -0.05) is 0 Å². The number of nitrogens with one attached hydrogen (secondary N) is 1. The second-order valence-corrected chi connectivity index (χ2v) is 9.30. The van der Waals surface area contributed by atoms with Gasteiger partial charge in [0.2, 0.25) is 5.95 Å². The standard InChI is InChI=1S/C22H28N4O2S/c27-21(18-14-29-20-4-2-1-3-17(18)20)24-16-6-10-26(13-16)22-23-9-5-19(25-22)15-7-11-28-12-8-15/h5,9,14-16H,1-4,6-8,10-13H2,(H,24,27). The van der Waals surface area contributed by atoms with Crippen molar-refractivity contribution >= 4 is 23.2 Å². The summed E-state index contributed by atoms with van der Waals surface area (Å²) in [7, 11) is 0. The van der Waals surface area contributed by atoms with Crippen LogP contribution in [-0.2, 0) is 17.6 Å². The highest BCUT2D eigenvalue weighted by molar-refractivity contribution is 7.10. The summed E-state index contributed by atoms with van der Waals surface area (Å²) in [4.78, 5) is 25.8. The van der Waals surface area contributed by atoms with Crippen molar-refractivity contribution in [3.63, 3.8) is 0 Å². The molecular weight excluding hydrogens is 384 g/mol.